The monoisotopic (exact) mass is 387 g/mol. The van der Waals surface area contributed by atoms with Crippen molar-refractivity contribution in [1.29, 1.82) is 0 Å². The summed E-state index contributed by atoms with van der Waals surface area (Å²) in [6.45, 7) is 3.67. The molecule has 1 atom stereocenters. The Morgan fingerprint density at radius 3 is 2.59 bits per heavy atom. The number of para-hydroxylation sites is 1. The number of nitrogens with zero attached hydrogens (tertiary/aromatic N) is 1. The van der Waals surface area contributed by atoms with Gasteiger partial charge in [0.05, 0.1) is 23.1 Å². The highest BCUT2D eigenvalue weighted by molar-refractivity contribution is 7.89. The van der Waals surface area contributed by atoms with Crippen LogP contribution in [-0.2, 0) is 14.8 Å². The predicted molar refractivity (Wildman–Crippen MR) is 102 cm³/mol. The average Bonchev–Trinajstić information content (AvgIpc) is 3.11. The van der Waals surface area contributed by atoms with E-state index >= 15 is 0 Å². The van der Waals surface area contributed by atoms with Crippen molar-refractivity contribution in [3.05, 3.63) is 65.9 Å². The molecule has 2 aromatic carbocycles. The first kappa shape index (κ1) is 19.1. The summed E-state index contributed by atoms with van der Waals surface area (Å²) >= 11 is 0. The molecule has 0 saturated heterocycles. The van der Waals surface area contributed by atoms with Crippen LogP contribution in [0.3, 0.4) is 0 Å². The molecule has 0 amide bonds. The summed E-state index contributed by atoms with van der Waals surface area (Å²) in [5, 5.41) is 0.912. The predicted octanol–water partition coefficient (Wildman–Crippen LogP) is 3.99. The minimum Gasteiger partial charge on any atom is -0.462 e. The SMILES string of the molecule is CCOC(=O)c1cccc(S(=O)(=O)N(C)C(C)c2cc3ccccc3o2)c1. The van der Waals surface area contributed by atoms with Crippen LogP contribution in [-0.4, -0.2) is 32.3 Å². The van der Waals surface area contributed by atoms with E-state index in [1.807, 2.05) is 30.3 Å². The molecular weight excluding hydrogens is 366 g/mol. The molecule has 0 aliphatic heterocycles. The average molecular weight is 387 g/mol. The van der Waals surface area contributed by atoms with Crippen LogP contribution in [0, 0.1) is 0 Å². The highest BCUT2D eigenvalue weighted by atomic mass is 32.2. The maximum absolute atomic E-state index is 13.0. The maximum Gasteiger partial charge on any atom is 0.338 e. The minimum atomic E-state index is -3.83. The Bertz CT molecular complexity index is 1040. The second-order valence-electron chi connectivity index (χ2n) is 6.13. The maximum atomic E-state index is 13.0. The number of rotatable bonds is 6. The third-order valence-corrected chi connectivity index (χ3v) is 6.35. The van der Waals surface area contributed by atoms with Crippen LogP contribution in [0.5, 0.6) is 0 Å². The third kappa shape index (κ3) is 3.74. The van der Waals surface area contributed by atoms with Gasteiger partial charge in [-0.15, -0.1) is 0 Å². The van der Waals surface area contributed by atoms with Crippen LogP contribution in [0.25, 0.3) is 11.0 Å². The summed E-state index contributed by atoms with van der Waals surface area (Å²) in [5.41, 5.74) is 0.900. The highest BCUT2D eigenvalue weighted by Crippen LogP contribution is 2.30. The fraction of sp³-hybridized carbons (Fsp3) is 0.250. The number of carbonyl (C=O) groups excluding carboxylic acids is 1. The van der Waals surface area contributed by atoms with Crippen molar-refractivity contribution in [2.45, 2.75) is 24.8 Å². The molecule has 0 fully saturated rings. The number of esters is 1. The molecule has 0 bridgehead atoms. The lowest BCUT2D eigenvalue weighted by atomic mass is 10.2. The molecule has 0 N–H and O–H groups in total. The Kier molecular flexibility index (Phi) is 5.34. The van der Waals surface area contributed by atoms with Gasteiger partial charge in [-0.2, -0.15) is 4.31 Å². The Hall–Kier alpha value is -2.64. The van der Waals surface area contributed by atoms with Gasteiger partial charge in [0.1, 0.15) is 11.3 Å². The number of fused-ring (bicyclic) bond motifs is 1. The van der Waals surface area contributed by atoms with Gasteiger partial charge in [-0.25, -0.2) is 13.2 Å². The van der Waals surface area contributed by atoms with Crippen molar-refractivity contribution >= 4 is 27.0 Å². The summed E-state index contributed by atoms with van der Waals surface area (Å²) in [6.07, 6.45) is 0. The summed E-state index contributed by atoms with van der Waals surface area (Å²) < 4.78 is 38.0. The zero-order chi connectivity index (χ0) is 19.6. The Morgan fingerprint density at radius 1 is 1.15 bits per heavy atom. The van der Waals surface area contributed by atoms with E-state index in [9.17, 15) is 13.2 Å². The van der Waals surface area contributed by atoms with Gasteiger partial charge in [0, 0.05) is 12.4 Å². The lowest BCUT2D eigenvalue weighted by molar-refractivity contribution is 0.0526. The van der Waals surface area contributed by atoms with Crippen LogP contribution < -0.4 is 0 Å². The molecule has 1 unspecified atom stereocenters. The van der Waals surface area contributed by atoms with E-state index in [1.165, 1.54) is 35.6 Å². The number of sulfonamides is 1. The molecule has 1 aromatic heterocycles. The largest absolute Gasteiger partial charge is 0.462 e. The molecular formula is C20H21NO5S. The van der Waals surface area contributed by atoms with E-state index < -0.39 is 22.0 Å². The lowest BCUT2D eigenvalue weighted by Crippen LogP contribution is -2.29. The molecule has 0 saturated carbocycles. The second-order valence-corrected chi connectivity index (χ2v) is 8.13. The summed E-state index contributed by atoms with van der Waals surface area (Å²) in [7, 11) is -2.34. The van der Waals surface area contributed by atoms with Crippen molar-refractivity contribution in [2.24, 2.45) is 0 Å². The van der Waals surface area contributed by atoms with Gasteiger partial charge >= 0.3 is 5.97 Å². The van der Waals surface area contributed by atoms with Crippen LogP contribution in [0.2, 0.25) is 0 Å². The molecule has 0 radical (unpaired) electrons. The number of hydrogen-bond acceptors (Lipinski definition) is 5. The second kappa shape index (κ2) is 7.54. The van der Waals surface area contributed by atoms with E-state index in [0.29, 0.717) is 11.3 Å². The van der Waals surface area contributed by atoms with Gasteiger partial charge in [0.2, 0.25) is 10.0 Å². The molecule has 3 rings (SSSR count). The molecule has 6 nitrogen and oxygen atoms in total. The van der Waals surface area contributed by atoms with Gasteiger partial charge in [-0.05, 0) is 44.2 Å². The lowest BCUT2D eigenvalue weighted by Gasteiger charge is -2.23. The van der Waals surface area contributed by atoms with Gasteiger partial charge in [-0.3, -0.25) is 0 Å². The zero-order valence-electron chi connectivity index (χ0n) is 15.4. The first-order valence-electron chi connectivity index (χ1n) is 8.58. The first-order chi connectivity index (χ1) is 12.8. The Morgan fingerprint density at radius 2 is 1.89 bits per heavy atom. The number of benzene rings is 2. The third-order valence-electron chi connectivity index (χ3n) is 4.42. The standard InChI is InChI=1S/C20H21NO5S/c1-4-25-20(22)16-9-7-10-17(12-16)27(23,24)21(3)14(2)19-13-15-8-5-6-11-18(15)26-19/h5-14H,4H2,1-3H3. The number of ether oxygens (including phenoxy) is 1. The van der Waals surface area contributed by atoms with Crippen LogP contribution >= 0.6 is 0 Å². The van der Waals surface area contributed by atoms with Crippen molar-refractivity contribution in [3.8, 4) is 0 Å². The smallest absolute Gasteiger partial charge is 0.338 e. The van der Waals surface area contributed by atoms with Gasteiger partial charge < -0.3 is 9.15 Å². The molecule has 7 heteroatoms. The number of furan rings is 1. The van der Waals surface area contributed by atoms with Gasteiger partial charge in [0.15, 0.2) is 0 Å². The number of carbonyl (C=O) groups is 1. The molecule has 0 aliphatic rings. The number of hydrogen-bond donors (Lipinski definition) is 0. The van der Waals surface area contributed by atoms with E-state index in [2.05, 4.69) is 0 Å². The molecule has 0 aliphatic carbocycles. The molecule has 0 spiro atoms. The van der Waals surface area contributed by atoms with Crippen molar-refractivity contribution in [1.82, 2.24) is 4.31 Å². The normalized spacial score (nSPS) is 13.0. The molecule has 142 valence electrons. The Labute approximate surface area is 158 Å². The van der Waals surface area contributed by atoms with Crippen molar-refractivity contribution in [2.75, 3.05) is 13.7 Å². The quantitative estimate of drug-likeness (QED) is 0.598. The highest BCUT2D eigenvalue weighted by Gasteiger charge is 2.29. The fourth-order valence-corrected chi connectivity index (χ4v) is 4.14. The van der Waals surface area contributed by atoms with E-state index in [4.69, 9.17) is 9.15 Å². The first-order valence-corrected chi connectivity index (χ1v) is 10.0. The van der Waals surface area contributed by atoms with Gasteiger partial charge in [0.25, 0.3) is 0 Å². The summed E-state index contributed by atoms with van der Waals surface area (Å²) in [4.78, 5) is 11.9. The van der Waals surface area contributed by atoms with E-state index in [-0.39, 0.29) is 17.1 Å². The summed E-state index contributed by atoms with van der Waals surface area (Å²) in [5.74, 6) is -0.00800. The van der Waals surface area contributed by atoms with E-state index in [1.54, 1.807) is 13.8 Å². The van der Waals surface area contributed by atoms with Crippen molar-refractivity contribution in [3.63, 3.8) is 0 Å². The summed E-state index contributed by atoms with van der Waals surface area (Å²) in [6, 6.07) is 14.7. The molecule has 3 aromatic rings. The Balaban J connectivity index is 1.91. The van der Waals surface area contributed by atoms with Crippen LogP contribution in [0.15, 0.2) is 63.9 Å². The molecule has 27 heavy (non-hydrogen) atoms. The topological polar surface area (TPSA) is 76.8 Å². The van der Waals surface area contributed by atoms with E-state index in [0.717, 1.165) is 5.39 Å². The van der Waals surface area contributed by atoms with Crippen LogP contribution in [0.4, 0.5) is 0 Å². The minimum absolute atomic E-state index is 0.0264. The van der Waals surface area contributed by atoms with Crippen molar-refractivity contribution < 1.29 is 22.4 Å². The van der Waals surface area contributed by atoms with Gasteiger partial charge in [-0.1, -0.05) is 24.3 Å². The van der Waals surface area contributed by atoms with Crippen LogP contribution in [0.1, 0.15) is 36.0 Å². The zero-order valence-corrected chi connectivity index (χ0v) is 16.2. The molecule has 1 heterocycles. The fourth-order valence-electron chi connectivity index (χ4n) is 2.76.